The van der Waals surface area contributed by atoms with Gasteiger partial charge in [-0.25, -0.2) is 0 Å². The second kappa shape index (κ2) is 10.7. The molecule has 7 aromatic carbocycles. The zero-order valence-corrected chi connectivity index (χ0v) is 26.0. The third-order valence-electron chi connectivity index (χ3n) is 8.66. The second-order valence-electron chi connectivity index (χ2n) is 11.4. The van der Waals surface area contributed by atoms with Crippen LogP contribution < -0.4 is 4.90 Å². The van der Waals surface area contributed by atoms with Crippen molar-refractivity contribution in [3.05, 3.63) is 164 Å². The topological polar surface area (TPSA) is 3.24 Å². The molecule has 0 spiro atoms. The third-order valence-corrected chi connectivity index (χ3v) is 10.9. The van der Waals surface area contributed by atoms with Crippen LogP contribution in [0.15, 0.2) is 164 Å². The summed E-state index contributed by atoms with van der Waals surface area (Å²) in [6.45, 7) is 0. The van der Waals surface area contributed by atoms with Gasteiger partial charge in [-0.3, -0.25) is 0 Å². The maximum Gasteiger partial charge on any atom is 0.0482 e. The smallest absolute Gasteiger partial charge is 0.0482 e. The van der Waals surface area contributed by atoms with Gasteiger partial charge in [0.25, 0.3) is 0 Å². The van der Waals surface area contributed by atoms with E-state index in [0.29, 0.717) is 0 Å². The number of rotatable bonds is 5. The van der Waals surface area contributed by atoms with Crippen LogP contribution in [0.25, 0.3) is 62.6 Å². The van der Waals surface area contributed by atoms with Gasteiger partial charge in [0.1, 0.15) is 0 Å². The highest BCUT2D eigenvalue weighted by molar-refractivity contribution is 7.26. The number of fused-ring (bicyclic) bond motifs is 6. The van der Waals surface area contributed by atoms with Crippen LogP contribution in [0.3, 0.4) is 0 Å². The van der Waals surface area contributed by atoms with Crippen LogP contribution in [0.5, 0.6) is 0 Å². The lowest BCUT2D eigenvalue weighted by molar-refractivity contribution is 1.30. The first kappa shape index (κ1) is 26.2. The Morgan fingerprint density at radius 1 is 0.333 bits per heavy atom. The molecule has 0 N–H and O–H groups in total. The van der Waals surface area contributed by atoms with Crippen molar-refractivity contribution in [2.75, 3.05) is 4.90 Å². The van der Waals surface area contributed by atoms with Gasteiger partial charge in [-0.15, -0.1) is 22.7 Å². The summed E-state index contributed by atoms with van der Waals surface area (Å²) in [5, 5.41) is 5.27. The maximum absolute atomic E-state index is 2.43. The van der Waals surface area contributed by atoms with Crippen molar-refractivity contribution in [1.82, 2.24) is 0 Å². The molecule has 212 valence electrons. The van der Waals surface area contributed by atoms with Gasteiger partial charge in [0.05, 0.1) is 0 Å². The molecule has 9 aromatic rings. The zero-order valence-electron chi connectivity index (χ0n) is 24.4. The van der Waals surface area contributed by atoms with E-state index in [2.05, 4.69) is 169 Å². The molecule has 0 saturated carbocycles. The Bertz CT molecular complexity index is 2470. The lowest BCUT2D eigenvalue weighted by Crippen LogP contribution is -2.10. The molecule has 1 nitrogen and oxygen atoms in total. The van der Waals surface area contributed by atoms with Crippen LogP contribution in [0.4, 0.5) is 17.1 Å². The van der Waals surface area contributed by atoms with E-state index in [4.69, 9.17) is 0 Å². The number of nitrogens with zero attached hydrogens (tertiary/aromatic N) is 1. The minimum absolute atomic E-state index is 1.13. The predicted octanol–water partition coefficient (Wildman–Crippen LogP) is 13.2. The fourth-order valence-corrected chi connectivity index (χ4v) is 8.85. The lowest BCUT2D eigenvalue weighted by atomic mass is 9.98. The van der Waals surface area contributed by atoms with E-state index in [9.17, 15) is 0 Å². The Balaban J connectivity index is 1.29. The SMILES string of the molecule is c1ccc(-c2ccc(N(c3ccc4c(c3)sc3ccccc34)c3cc(-c4ccccc4)c4c(c3)sc3ccccc34)cc2)cc1. The van der Waals surface area contributed by atoms with Crippen molar-refractivity contribution >= 4 is 80.1 Å². The van der Waals surface area contributed by atoms with Crippen molar-refractivity contribution in [3.8, 4) is 22.3 Å². The molecule has 0 unspecified atom stereocenters. The van der Waals surface area contributed by atoms with Gasteiger partial charge in [-0.1, -0.05) is 115 Å². The molecule has 0 fully saturated rings. The molecule has 0 aliphatic heterocycles. The molecular weight excluding hydrogens is 583 g/mol. The molecule has 3 heteroatoms. The minimum atomic E-state index is 1.13. The van der Waals surface area contributed by atoms with Crippen molar-refractivity contribution in [2.24, 2.45) is 0 Å². The van der Waals surface area contributed by atoms with Crippen LogP contribution >= 0.6 is 22.7 Å². The Morgan fingerprint density at radius 3 is 1.62 bits per heavy atom. The molecular formula is C42H27NS2. The first-order chi connectivity index (χ1) is 22.3. The van der Waals surface area contributed by atoms with Gasteiger partial charge in [-0.05, 0) is 70.8 Å². The molecule has 0 amide bonds. The summed E-state index contributed by atoms with van der Waals surface area (Å²) >= 11 is 3.74. The average Bonchev–Trinajstić information content (AvgIpc) is 3.67. The monoisotopic (exact) mass is 609 g/mol. The quantitative estimate of drug-likeness (QED) is 0.188. The Labute approximate surface area is 269 Å². The van der Waals surface area contributed by atoms with Gasteiger partial charge in [0.15, 0.2) is 0 Å². The first-order valence-electron chi connectivity index (χ1n) is 15.2. The number of benzene rings is 7. The van der Waals surface area contributed by atoms with Gasteiger partial charge in [-0.2, -0.15) is 0 Å². The Morgan fingerprint density at radius 2 is 0.867 bits per heavy atom. The fraction of sp³-hybridized carbons (Fsp3) is 0. The molecule has 2 heterocycles. The van der Waals surface area contributed by atoms with Crippen LogP contribution in [-0.4, -0.2) is 0 Å². The van der Waals surface area contributed by atoms with E-state index in [-0.39, 0.29) is 0 Å². The van der Waals surface area contributed by atoms with E-state index >= 15 is 0 Å². The van der Waals surface area contributed by atoms with E-state index < -0.39 is 0 Å². The van der Waals surface area contributed by atoms with Gasteiger partial charge in [0.2, 0.25) is 0 Å². The average molecular weight is 610 g/mol. The van der Waals surface area contributed by atoms with Gasteiger partial charge < -0.3 is 4.90 Å². The van der Waals surface area contributed by atoms with Gasteiger partial charge >= 0.3 is 0 Å². The van der Waals surface area contributed by atoms with Crippen LogP contribution in [0.2, 0.25) is 0 Å². The predicted molar refractivity (Wildman–Crippen MR) is 198 cm³/mol. The fourth-order valence-electron chi connectivity index (χ4n) is 6.55. The van der Waals surface area contributed by atoms with Crippen molar-refractivity contribution in [2.45, 2.75) is 0 Å². The Kier molecular flexibility index (Phi) is 6.26. The second-order valence-corrected chi connectivity index (χ2v) is 13.5. The molecule has 2 aromatic heterocycles. The molecule has 0 aliphatic rings. The van der Waals surface area contributed by atoms with Gasteiger partial charge in [0, 0.05) is 57.4 Å². The summed E-state index contributed by atoms with van der Waals surface area (Å²) in [7, 11) is 0. The molecule has 0 atom stereocenters. The van der Waals surface area contributed by atoms with E-state index in [1.807, 2.05) is 22.7 Å². The van der Waals surface area contributed by atoms with E-state index in [1.165, 1.54) is 62.6 Å². The normalized spacial score (nSPS) is 11.6. The number of thiophene rings is 2. The summed E-state index contributed by atoms with van der Waals surface area (Å²) in [6.07, 6.45) is 0. The first-order valence-corrected chi connectivity index (χ1v) is 16.8. The largest absolute Gasteiger partial charge is 0.310 e. The number of hydrogen-bond acceptors (Lipinski definition) is 3. The molecule has 0 aliphatic carbocycles. The van der Waals surface area contributed by atoms with Crippen LogP contribution in [0.1, 0.15) is 0 Å². The number of hydrogen-bond donors (Lipinski definition) is 0. The third kappa shape index (κ3) is 4.52. The number of anilines is 3. The van der Waals surface area contributed by atoms with E-state index in [0.717, 1.165) is 17.1 Å². The molecule has 0 bridgehead atoms. The molecule has 9 rings (SSSR count). The van der Waals surface area contributed by atoms with E-state index in [1.54, 1.807) is 0 Å². The highest BCUT2D eigenvalue weighted by Gasteiger charge is 2.19. The van der Waals surface area contributed by atoms with Crippen LogP contribution in [0, 0.1) is 0 Å². The highest BCUT2D eigenvalue weighted by Crippen LogP contribution is 2.46. The Hall–Kier alpha value is -5.22. The van der Waals surface area contributed by atoms with Crippen molar-refractivity contribution < 1.29 is 0 Å². The summed E-state index contributed by atoms with van der Waals surface area (Å²) in [5.74, 6) is 0. The lowest BCUT2D eigenvalue weighted by Gasteiger charge is -2.27. The summed E-state index contributed by atoms with van der Waals surface area (Å²) in [6, 6.07) is 59.7. The standard InChI is InChI=1S/C42H27NS2/c1-3-11-28(12-4-1)29-19-21-31(22-20-29)43(32-23-24-35-34-15-7-9-17-38(34)44-40(35)26-32)33-25-37(30-13-5-2-6-14-30)42-36-16-8-10-18-39(36)45-41(42)27-33/h1-27H. The van der Waals surface area contributed by atoms with Crippen molar-refractivity contribution in [3.63, 3.8) is 0 Å². The summed E-state index contributed by atoms with van der Waals surface area (Å²) < 4.78 is 5.22. The highest BCUT2D eigenvalue weighted by atomic mass is 32.1. The van der Waals surface area contributed by atoms with Crippen molar-refractivity contribution in [1.29, 1.82) is 0 Å². The molecule has 45 heavy (non-hydrogen) atoms. The summed E-state index contributed by atoms with van der Waals surface area (Å²) in [5.41, 5.74) is 8.36. The molecule has 0 saturated heterocycles. The maximum atomic E-state index is 2.43. The minimum Gasteiger partial charge on any atom is -0.310 e. The zero-order chi connectivity index (χ0) is 29.7. The van der Waals surface area contributed by atoms with Crippen LogP contribution in [-0.2, 0) is 0 Å². The summed E-state index contributed by atoms with van der Waals surface area (Å²) in [4.78, 5) is 2.43. The molecule has 0 radical (unpaired) electrons.